The zero-order valence-electron chi connectivity index (χ0n) is 12.0. The lowest BCUT2D eigenvalue weighted by molar-refractivity contribution is 0.416. The molecule has 0 unspecified atom stereocenters. The number of rotatable bonds is 5. The number of benzene rings is 1. The second kappa shape index (κ2) is 6.48. The molecule has 0 aliphatic rings. The van der Waals surface area contributed by atoms with Crippen molar-refractivity contribution >= 4 is 11.8 Å². The quantitative estimate of drug-likeness (QED) is 0.575. The van der Waals surface area contributed by atoms with Gasteiger partial charge in [0.2, 0.25) is 5.16 Å². The molecule has 0 atom stereocenters. The fourth-order valence-corrected chi connectivity index (χ4v) is 2.81. The Bertz CT molecular complexity index is 760. The Hall–Kier alpha value is -2.54. The van der Waals surface area contributed by atoms with Gasteiger partial charge in [-0.05, 0) is 23.8 Å². The molecule has 0 aliphatic heterocycles. The highest BCUT2D eigenvalue weighted by Crippen LogP contribution is 2.30. The van der Waals surface area contributed by atoms with E-state index in [1.807, 2.05) is 42.6 Å². The van der Waals surface area contributed by atoms with Crippen LogP contribution in [0.1, 0.15) is 5.56 Å². The summed E-state index contributed by atoms with van der Waals surface area (Å²) in [5.74, 6) is 8.14. The molecule has 2 N–H and O–H groups in total. The molecule has 2 aromatic heterocycles. The maximum Gasteiger partial charge on any atom is 0.210 e. The average molecular weight is 313 g/mol. The number of ether oxygens (including phenoxy) is 1. The predicted molar refractivity (Wildman–Crippen MR) is 86.0 cm³/mol. The third-order valence-corrected chi connectivity index (χ3v) is 4.12. The van der Waals surface area contributed by atoms with Crippen molar-refractivity contribution < 1.29 is 4.74 Å². The van der Waals surface area contributed by atoms with Crippen molar-refractivity contribution in [2.45, 2.75) is 10.9 Å². The van der Waals surface area contributed by atoms with Gasteiger partial charge in [0, 0.05) is 18.1 Å². The van der Waals surface area contributed by atoms with Crippen LogP contribution in [0.25, 0.3) is 11.4 Å². The lowest BCUT2D eigenvalue weighted by Crippen LogP contribution is -2.12. The van der Waals surface area contributed by atoms with Gasteiger partial charge in [-0.15, -0.1) is 10.2 Å². The van der Waals surface area contributed by atoms with Crippen LogP contribution in [-0.2, 0) is 5.75 Å². The molecule has 22 heavy (non-hydrogen) atoms. The minimum absolute atomic E-state index is 0.575. The monoisotopic (exact) mass is 313 g/mol. The molecule has 0 spiro atoms. The van der Waals surface area contributed by atoms with E-state index >= 15 is 0 Å². The summed E-state index contributed by atoms with van der Waals surface area (Å²) in [6.45, 7) is 0. The Labute approximate surface area is 132 Å². The van der Waals surface area contributed by atoms with E-state index in [4.69, 9.17) is 10.6 Å². The molecule has 2 heterocycles. The Morgan fingerprint density at radius 3 is 2.82 bits per heavy atom. The summed E-state index contributed by atoms with van der Waals surface area (Å²) >= 11 is 1.51. The number of hydrogen-bond acceptors (Lipinski definition) is 6. The second-order valence-corrected chi connectivity index (χ2v) is 5.47. The van der Waals surface area contributed by atoms with Gasteiger partial charge in [-0.3, -0.25) is 4.98 Å². The first kappa shape index (κ1) is 14.4. The van der Waals surface area contributed by atoms with Gasteiger partial charge in [-0.2, -0.15) is 0 Å². The lowest BCUT2D eigenvalue weighted by atomic mass is 10.2. The van der Waals surface area contributed by atoms with Gasteiger partial charge >= 0.3 is 0 Å². The third-order valence-electron chi connectivity index (χ3n) is 3.10. The molecule has 0 bridgehead atoms. The fourth-order valence-electron chi connectivity index (χ4n) is 2.02. The molecule has 6 nitrogen and oxygen atoms in total. The van der Waals surface area contributed by atoms with Crippen LogP contribution in [0.15, 0.2) is 53.9 Å². The number of hydrogen-bond donors (Lipinski definition) is 1. The van der Waals surface area contributed by atoms with Crippen LogP contribution < -0.4 is 10.6 Å². The summed E-state index contributed by atoms with van der Waals surface area (Å²) in [6.07, 6.45) is 3.57. The predicted octanol–water partition coefficient (Wildman–Crippen LogP) is 2.35. The van der Waals surface area contributed by atoms with Crippen molar-refractivity contribution in [3.63, 3.8) is 0 Å². The van der Waals surface area contributed by atoms with Gasteiger partial charge < -0.3 is 10.6 Å². The first-order valence-corrected chi connectivity index (χ1v) is 7.63. The Morgan fingerprint density at radius 1 is 1.18 bits per heavy atom. The number of para-hydroxylation sites is 1. The summed E-state index contributed by atoms with van der Waals surface area (Å²) in [4.78, 5) is 4.09. The molecule has 0 fully saturated rings. The molecular formula is C15H15N5OS. The van der Waals surface area contributed by atoms with Crippen LogP contribution in [0.4, 0.5) is 0 Å². The molecular weight excluding hydrogens is 298 g/mol. The molecule has 0 aliphatic carbocycles. The van der Waals surface area contributed by atoms with Crippen LogP contribution in [0, 0.1) is 0 Å². The Kier molecular flexibility index (Phi) is 4.24. The summed E-state index contributed by atoms with van der Waals surface area (Å²) < 4.78 is 6.83. The standard InChI is InChI=1S/C15H15N5OS/c1-21-13-7-3-2-6-12(13)14-18-19-15(20(14)16)22-10-11-5-4-8-17-9-11/h2-9H,10,16H2,1H3. The number of methoxy groups -OCH3 is 1. The van der Waals surface area contributed by atoms with Gasteiger partial charge in [0.25, 0.3) is 0 Å². The molecule has 0 amide bonds. The molecule has 3 rings (SSSR count). The van der Waals surface area contributed by atoms with Crippen LogP contribution in [0.3, 0.4) is 0 Å². The summed E-state index contributed by atoms with van der Waals surface area (Å²) in [5.41, 5.74) is 1.92. The number of pyridine rings is 1. The van der Waals surface area contributed by atoms with E-state index in [-0.39, 0.29) is 0 Å². The smallest absolute Gasteiger partial charge is 0.210 e. The van der Waals surface area contributed by atoms with Crippen molar-refractivity contribution in [3.05, 3.63) is 54.4 Å². The minimum Gasteiger partial charge on any atom is -0.496 e. The number of nitrogens with two attached hydrogens (primary N) is 1. The van der Waals surface area contributed by atoms with E-state index in [1.54, 1.807) is 13.3 Å². The third kappa shape index (κ3) is 2.89. The highest BCUT2D eigenvalue weighted by molar-refractivity contribution is 7.98. The minimum atomic E-state index is 0.575. The molecule has 0 radical (unpaired) electrons. The van der Waals surface area contributed by atoms with Crippen molar-refractivity contribution in [1.29, 1.82) is 0 Å². The number of thioether (sulfide) groups is 1. The zero-order valence-corrected chi connectivity index (χ0v) is 12.8. The van der Waals surface area contributed by atoms with Crippen molar-refractivity contribution in [2.75, 3.05) is 13.0 Å². The summed E-state index contributed by atoms with van der Waals surface area (Å²) in [6, 6.07) is 11.5. The lowest BCUT2D eigenvalue weighted by Gasteiger charge is -2.07. The van der Waals surface area contributed by atoms with Gasteiger partial charge in [-0.25, -0.2) is 4.68 Å². The highest BCUT2D eigenvalue weighted by atomic mass is 32.2. The van der Waals surface area contributed by atoms with E-state index in [9.17, 15) is 0 Å². The number of aromatic nitrogens is 4. The largest absolute Gasteiger partial charge is 0.496 e. The Morgan fingerprint density at radius 2 is 2.05 bits per heavy atom. The SMILES string of the molecule is COc1ccccc1-c1nnc(SCc2cccnc2)n1N. The molecule has 112 valence electrons. The maximum absolute atomic E-state index is 6.12. The van der Waals surface area contributed by atoms with E-state index in [0.717, 1.165) is 16.9 Å². The molecule has 1 aromatic carbocycles. The zero-order chi connectivity index (χ0) is 15.4. The Balaban J connectivity index is 1.83. The molecule has 3 aromatic rings. The highest BCUT2D eigenvalue weighted by Gasteiger charge is 2.15. The van der Waals surface area contributed by atoms with Gasteiger partial charge in [0.1, 0.15) is 5.75 Å². The fraction of sp³-hybridized carbons (Fsp3) is 0.133. The van der Waals surface area contributed by atoms with Crippen LogP contribution >= 0.6 is 11.8 Å². The van der Waals surface area contributed by atoms with Crippen LogP contribution in [0.5, 0.6) is 5.75 Å². The number of nitrogens with zero attached hydrogens (tertiary/aromatic N) is 4. The summed E-state index contributed by atoms with van der Waals surface area (Å²) in [5, 5.41) is 8.98. The first-order chi connectivity index (χ1) is 10.8. The van der Waals surface area contributed by atoms with Crippen LogP contribution in [-0.4, -0.2) is 27.0 Å². The molecule has 0 saturated heterocycles. The van der Waals surface area contributed by atoms with E-state index in [0.29, 0.717) is 16.7 Å². The van der Waals surface area contributed by atoms with Crippen molar-refractivity contribution in [2.24, 2.45) is 0 Å². The normalized spacial score (nSPS) is 10.6. The van der Waals surface area contributed by atoms with Gasteiger partial charge in [0.15, 0.2) is 5.82 Å². The number of nitrogen functional groups attached to an aromatic ring is 1. The topological polar surface area (TPSA) is 78.9 Å². The van der Waals surface area contributed by atoms with Gasteiger partial charge in [-0.1, -0.05) is 30.0 Å². The van der Waals surface area contributed by atoms with E-state index < -0.39 is 0 Å². The molecule has 7 heteroatoms. The maximum atomic E-state index is 6.12. The first-order valence-electron chi connectivity index (χ1n) is 6.65. The van der Waals surface area contributed by atoms with E-state index in [1.165, 1.54) is 16.4 Å². The average Bonchev–Trinajstić information content (AvgIpc) is 2.94. The summed E-state index contributed by atoms with van der Waals surface area (Å²) in [7, 11) is 1.62. The second-order valence-electron chi connectivity index (χ2n) is 4.53. The van der Waals surface area contributed by atoms with Crippen molar-refractivity contribution in [3.8, 4) is 17.1 Å². The van der Waals surface area contributed by atoms with Gasteiger partial charge in [0.05, 0.1) is 12.7 Å². The van der Waals surface area contributed by atoms with E-state index in [2.05, 4.69) is 15.2 Å². The van der Waals surface area contributed by atoms with Crippen molar-refractivity contribution in [1.82, 2.24) is 19.9 Å². The molecule has 0 saturated carbocycles. The van der Waals surface area contributed by atoms with Crippen LogP contribution in [0.2, 0.25) is 0 Å².